The molecule has 1 N–H and O–H groups in total. The van der Waals surface area contributed by atoms with Gasteiger partial charge in [0.1, 0.15) is 0 Å². The van der Waals surface area contributed by atoms with Gasteiger partial charge in [0, 0.05) is 22.1 Å². The van der Waals surface area contributed by atoms with Crippen molar-refractivity contribution >= 4 is 32.7 Å². The van der Waals surface area contributed by atoms with Gasteiger partial charge in [-0.05, 0) is 50.1 Å². The van der Waals surface area contributed by atoms with Crippen molar-refractivity contribution < 1.29 is 5.11 Å². The van der Waals surface area contributed by atoms with E-state index in [0.717, 1.165) is 35.8 Å². The van der Waals surface area contributed by atoms with Crippen LogP contribution < -0.4 is 0 Å². The van der Waals surface area contributed by atoms with Crippen LogP contribution in [0, 0.1) is 0 Å². The number of rotatable bonds is 0. The van der Waals surface area contributed by atoms with Gasteiger partial charge in [0.15, 0.2) is 5.88 Å². The van der Waals surface area contributed by atoms with Crippen LogP contribution >= 0.6 is 15.9 Å². The Bertz CT molecular complexity index is 732. The van der Waals surface area contributed by atoms with Crippen LogP contribution in [0.4, 0.5) is 0 Å². The van der Waals surface area contributed by atoms with Crippen molar-refractivity contribution in [2.24, 2.45) is 0 Å². The van der Waals surface area contributed by atoms with E-state index in [1.807, 2.05) is 6.08 Å². The summed E-state index contributed by atoms with van der Waals surface area (Å²) < 4.78 is 3.11. The fourth-order valence-corrected chi connectivity index (χ4v) is 4.03. The first-order valence-corrected chi connectivity index (χ1v) is 7.88. The number of nitrogens with zero attached hydrogens (tertiary/aromatic N) is 2. The van der Waals surface area contributed by atoms with Crippen LogP contribution in [0.25, 0.3) is 16.8 Å². The largest absolute Gasteiger partial charge is 0.494 e. The van der Waals surface area contributed by atoms with Crippen LogP contribution in [0.15, 0.2) is 28.7 Å². The summed E-state index contributed by atoms with van der Waals surface area (Å²) in [6.45, 7) is 1.09. The van der Waals surface area contributed by atoms with E-state index in [9.17, 15) is 5.11 Å². The molecule has 20 heavy (non-hydrogen) atoms. The zero-order chi connectivity index (χ0) is 13.9. The van der Waals surface area contributed by atoms with Gasteiger partial charge in [-0.25, -0.2) is 0 Å². The minimum absolute atomic E-state index is 0.382. The van der Waals surface area contributed by atoms with Crippen LogP contribution in [0.3, 0.4) is 0 Å². The summed E-state index contributed by atoms with van der Waals surface area (Å²) in [4.78, 5) is 2.42. The summed E-state index contributed by atoms with van der Waals surface area (Å²) in [5.74, 6) is 0.382. The maximum absolute atomic E-state index is 10.5. The van der Waals surface area contributed by atoms with Crippen LogP contribution in [-0.2, 0) is 6.42 Å². The summed E-state index contributed by atoms with van der Waals surface area (Å²) in [7, 11) is 2.19. The summed E-state index contributed by atoms with van der Waals surface area (Å²) in [6, 6.07) is 6.78. The number of likely N-dealkylation sites (N-methyl/N-ethyl adjacent to an activating group) is 1. The van der Waals surface area contributed by atoms with Gasteiger partial charge in [0.2, 0.25) is 0 Å². The topological polar surface area (TPSA) is 28.4 Å². The molecule has 0 radical (unpaired) electrons. The van der Waals surface area contributed by atoms with E-state index in [2.05, 4.69) is 50.6 Å². The molecule has 1 aromatic carbocycles. The second-order valence-corrected chi connectivity index (χ2v) is 6.66. The van der Waals surface area contributed by atoms with Gasteiger partial charge < -0.3 is 5.11 Å². The summed E-state index contributed by atoms with van der Waals surface area (Å²) >= 11 is 3.55. The second kappa shape index (κ2) is 4.37. The molecule has 2 aliphatic heterocycles. The van der Waals surface area contributed by atoms with Gasteiger partial charge in [-0.3, -0.25) is 9.47 Å². The molecule has 3 heterocycles. The zero-order valence-corrected chi connectivity index (χ0v) is 13.0. The lowest BCUT2D eigenvalue weighted by atomic mass is 9.95. The predicted octanol–water partition coefficient (Wildman–Crippen LogP) is 4.08. The third kappa shape index (κ3) is 1.61. The van der Waals surface area contributed by atoms with Crippen LogP contribution in [-0.4, -0.2) is 28.2 Å². The van der Waals surface area contributed by atoms with Gasteiger partial charge in [0.05, 0.1) is 11.6 Å². The highest BCUT2D eigenvalue weighted by Crippen LogP contribution is 2.42. The molecular formula is C16H17BrN2O. The highest BCUT2D eigenvalue weighted by molar-refractivity contribution is 9.10. The fourth-order valence-electron chi connectivity index (χ4n) is 3.68. The highest BCUT2D eigenvalue weighted by Gasteiger charge is 2.32. The Kier molecular flexibility index (Phi) is 2.72. The molecule has 0 aliphatic carbocycles. The molecule has 104 valence electrons. The van der Waals surface area contributed by atoms with Gasteiger partial charge >= 0.3 is 0 Å². The van der Waals surface area contributed by atoms with E-state index in [4.69, 9.17) is 0 Å². The summed E-state index contributed by atoms with van der Waals surface area (Å²) in [6.07, 6.45) is 5.01. The predicted molar refractivity (Wildman–Crippen MR) is 84.8 cm³/mol. The minimum Gasteiger partial charge on any atom is -0.494 e. The van der Waals surface area contributed by atoms with Crippen molar-refractivity contribution in [2.45, 2.75) is 25.3 Å². The van der Waals surface area contributed by atoms with Crippen molar-refractivity contribution in [3.8, 4) is 0 Å². The molecule has 2 aliphatic rings. The molecule has 1 aromatic heterocycles. The summed E-state index contributed by atoms with van der Waals surface area (Å²) in [5, 5.41) is 11.7. The molecule has 0 amide bonds. The molecule has 0 spiro atoms. The first kappa shape index (κ1) is 12.5. The SMILES string of the molecule is CN1CCc2c3n(c4cc(Br)ccc24)C(O)=CCC[C@H]31. The fraction of sp³-hybridized carbons (Fsp3) is 0.375. The summed E-state index contributed by atoms with van der Waals surface area (Å²) in [5.41, 5.74) is 3.82. The van der Waals surface area contributed by atoms with Crippen molar-refractivity contribution in [1.29, 1.82) is 0 Å². The maximum Gasteiger partial charge on any atom is 0.191 e. The van der Waals surface area contributed by atoms with E-state index in [1.165, 1.54) is 16.6 Å². The Balaban J connectivity index is 2.13. The number of benzene rings is 1. The number of fused-ring (bicyclic) bond motifs is 3. The zero-order valence-electron chi connectivity index (χ0n) is 11.4. The molecule has 0 bridgehead atoms. The van der Waals surface area contributed by atoms with Crippen LogP contribution in [0.2, 0.25) is 0 Å². The molecule has 2 aromatic rings. The molecule has 0 saturated carbocycles. The first-order chi connectivity index (χ1) is 9.66. The van der Waals surface area contributed by atoms with Crippen molar-refractivity contribution in [2.75, 3.05) is 13.6 Å². The van der Waals surface area contributed by atoms with Gasteiger partial charge in [-0.2, -0.15) is 0 Å². The van der Waals surface area contributed by atoms with Crippen molar-refractivity contribution in [3.63, 3.8) is 0 Å². The third-order valence-corrected chi connectivity index (χ3v) is 5.13. The number of aliphatic hydroxyl groups is 1. The second-order valence-electron chi connectivity index (χ2n) is 5.75. The smallest absolute Gasteiger partial charge is 0.191 e. The molecule has 0 saturated heterocycles. The molecule has 1 atom stereocenters. The van der Waals surface area contributed by atoms with E-state index >= 15 is 0 Å². The Hall–Kier alpha value is -1.26. The van der Waals surface area contributed by atoms with E-state index < -0.39 is 0 Å². The number of hydrogen-bond acceptors (Lipinski definition) is 2. The van der Waals surface area contributed by atoms with E-state index in [1.54, 1.807) is 0 Å². The Morgan fingerprint density at radius 1 is 1.35 bits per heavy atom. The molecule has 4 heteroatoms. The Morgan fingerprint density at radius 2 is 2.20 bits per heavy atom. The van der Waals surface area contributed by atoms with E-state index in [0.29, 0.717) is 11.9 Å². The number of aliphatic hydroxyl groups excluding tert-OH is 1. The van der Waals surface area contributed by atoms with Crippen LogP contribution in [0.1, 0.15) is 30.1 Å². The molecular weight excluding hydrogens is 316 g/mol. The maximum atomic E-state index is 10.5. The van der Waals surface area contributed by atoms with Gasteiger partial charge in [-0.15, -0.1) is 0 Å². The normalized spacial score (nSPS) is 22.5. The lowest BCUT2D eigenvalue weighted by Crippen LogP contribution is -2.32. The van der Waals surface area contributed by atoms with E-state index in [-0.39, 0.29) is 0 Å². The number of allylic oxidation sites excluding steroid dienone is 1. The molecule has 0 fully saturated rings. The Labute approximate surface area is 126 Å². The standard InChI is InChI=1S/C16H17BrN2O/c1-18-8-7-12-11-6-5-10(17)9-14(11)19-15(20)4-2-3-13(18)16(12)19/h4-6,9,13,20H,2-3,7-8H2,1H3/t13-/m1/s1. The van der Waals surface area contributed by atoms with Crippen molar-refractivity contribution in [1.82, 2.24) is 9.47 Å². The molecule has 0 unspecified atom stereocenters. The number of aromatic nitrogens is 1. The molecule has 3 nitrogen and oxygen atoms in total. The van der Waals surface area contributed by atoms with Crippen LogP contribution in [0.5, 0.6) is 0 Å². The minimum atomic E-state index is 0.382. The van der Waals surface area contributed by atoms with Gasteiger partial charge in [0.25, 0.3) is 0 Å². The number of hydrogen-bond donors (Lipinski definition) is 1. The first-order valence-electron chi connectivity index (χ1n) is 7.09. The molecule has 4 rings (SSSR count). The van der Waals surface area contributed by atoms with Crippen molar-refractivity contribution in [3.05, 3.63) is 40.0 Å². The third-order valence-electron chi connectivity index (χ3n) is 4.63. The lowest BCUT2D eigenvalue weighted by molar-refractivity contribution is 0.215. The highest BCUT2D eigenvalue weighted by atomic mass is 79.9. The number of halogens is 1. The monoisotopic (exact) mass is 332 g/mol. The Morgan fingerprint density at radius 3 is 3.05 bits per heavy atom. The quantitative estimate of drug-likeness (QED) is 0.787. The average Bonchev–Trinajstić information content (AvgIpc) is 2.63. The van der Waals surface area contributed by atoms with Gasteiger partial charge in [-0.1, -0.05) is 22.0 Å². The average molecular weight is 333 g/mol. The lowest BCUT2D eigenvalue weighted by Gasteiger charge is -2.33.